The van der Waals surface area contributed by atoms with Crippen molar-refractivity contribution >= 4 is 17.5 Å². The third-order valence-electron chi connectivity index (χ3n) is 4.14. The number of thioether (sulfide) groups is 1. The predicted octanol–water partition coefficient (Wildman–Crippen LogP) is 5.02. The Labute approximate surface area is 163 Å². The normalized spacial score (nSPS) is 11.4. The molecule has 140 valence electrons. The number of ether oxygens (including phenoxy) is 1. The molecule has 0 bridgehead atoms. The van der Waals surface area contributed by atoms with Crippen molar-refractivity contribution in [2.24, 2.45) is 0 Å². The summed E-state index contributed by atoms with van der Waals surface area (Å²) in [4.78, 5) is 12.4. The maximum atomic E-state index is 12.4. The van der Waals surface area contributed by atoms with Crippen LogP contribution in [-0.4, -0.2) is 28.8 Å². The average Bonchev–Trinajstić information content (AvgIpc) is 3.14. The van der Waals surface area contributed by atoms with Crippen molar-refractivity contribution in [1.29, 1.82) is 0 Å². The fourth-order valence-electron chi connectivity index (χ4n) is 2.58. The smallest absolute Gasteiger partial charge is 0.277 e. The Morgan fingerprint density at radius 2 is 1.78 bits per heavy atom. The summed E-state index contributed by atoms with van der Waals surface area (Å²) in [7, 11) is 1.55. The van der Waals surface area contributed by atoms with Gasteiger partial charge in [-0.05, 0) is 35.2 Å². The van der Waals surface area contributed by atoms with Gasteiger partial charge in [0.25, 0.3) is 5.22 Å². The number of nitrogens with zero attached hydrogens (tertiary/aromatic N) is 2. The van der Waals surface area contributed by atoms with Crippen molar-refractivity contribution < 1.29 is 13.9 Å². The van der Waals surface area contributed by atoms with E-state index in [4.69, 9.17) is 9.15 Å². The number of benzene rings is 2. The Kier molecular flexibility index (Phi) is 5.65. The van der Waals surface area contributed by atoms with Gasteiger partial charge >= 0.3 is 0 Å². The summed E-state index contributed by atoms with van der Waals surface area (Å²) in [6.45, 7) is 6.51. The molecule has 0 saturated carbocycles. The number of carbonyl (C=O) groups is 1. The zero-order chi connectivity index (χ0) is 19.4. The van der Waals surface area contributed by atoms with E-state index in [9.17, 15) is 4.79 Å². The molecule has 0 unspecified atom stereocenters. The highest BCUT2D eigenvalue weighted by Gasteiger charge is 2.16. The topological polar surface area (TPSA) is 65.2 Å². The van der Waals surface area contributed by atoms with Crippen LogP contribution in [-0.2, 0) is 5.41 Å². The van der Waals surface area contributed by atoms with Crippen LogP contribution >= 0.6 is 11.8 Å². The molecule has 3 aromatic rings. The van der Waals surface area contributed by atoms with Gasteiger partial charge in [-0.1, -0.05) is 56.8 Å². The molecule has 6 heteroatoms. The first-order valence-corrected chi connectivity index (χ1v) is 9.60. The first-order chi connectivity index (χ1) is 12.9. The van der Waals surface area contributed by atoms with Crippen molar-refractivity contribution in [1.82, 2.24) is 10.2 Å². The van der Waals surface area contributed by atoms with Crippen LogP contribution in [0.4, 0.5) is 0 Å². The fourth-order valence-corrected chi connectivity index (χ4v) is 3.22. The minimum Gasteiger partial charge on any atom is -0.496 e. The molecule has 0 spiro atoms. The van der Waals surface area contributed by atoms with E-state index in [1.54, 1.807) is 19.2 Å². The van der Waals surface area contributed by atoms with Gasteiger partial charge in [0, 0.05) is 5.56 Å². The highest BCUT2D eigenvalue weighted by atomic mass is 32.2. The van der Waals surface area contributed by atoms with Crippen molar-refractivity contribution in [3.8, 4) is 17.2 Å². The standard InChI is InChI=1S/C21H22N2O3S/c1-21(2,3)15-11-9-14(10-12-15)19-22-23-20(26-19)27-13-17(24)16-7-5-6-8-18(16)25-4/h5-12H,13H2,1-4H3. The van der Waals surface area contributed by atoms with Gasteiger partial charge in [0.1, 0.15) is 5.75 Å². The van der Waals surface area contributed by atoms with E-state index in [0.717, 1.165) is 5.56 Å². The molecule has 0 amide bonds. The number of carbonyl (C=O) groups excluding carboxylic acids is 1. The number of aromatic nitrogens is 2. The quantitative estimate of drug-likeness (QED) is 0.441. The summed E-state index contributed by atoms with van der Waals surface area (Å²) in [6, 6.07) is 15.2. The Bertz CT molecular complexity index is 927. The minimum atomic E-state index is -0.0493. The summed E-state index contributed by atoms with van der Waals surface area (Å²) in [5.41, 5.74) is 2.74. The van der Waals surface area contributed by atoms with E-state index in [1.165, 1.54) is 17.3 Å². The molecule has 0 aliphatic carbocycles. The summed E-state index contributed by atoms with van der Waals surface area (Å²) in [5, 5.41) is 8.49. The van der Waals surface area contributed by atoms with E-state index >= 15 is 0 Å². The van der Waals surface area contributed by atoms with Gasteiger partial charge in [-0.2, -0.15) is 0 Å². The van der Waals surface area contributed by atoms with Gasteiger partial charge in [0.05, 0.1) is 18.4 Å². The van der Waals surface area contributed by atoms with Crippen molar-refractivity contribution in [3.63, 3.8) is 0 Å². The van der Waals surface area contributed by atoms with Crippen LogP contribution in [0.1, 0.15) is 36.7 Å². The molecule has 1 aromatic heterocycles. The van der Waals surface area contributed by atoms with Crippen LogP contribution in [0, 0.1) is 0 Å². The number of hydrogen-bond acceptors (Lipinski definition) is 6. The predicted molar refractivity (Wildman–Crippen MR) is 106 cm³/mol. The van der Waals surface area contributed by atoms with Crippen LogP contribution in [0.3, 0.4) is 0 Å². The summed E-state index contributed by atoms with van der Waals surface area (Å²) in [5.74, 6) is 1.16. The first kappa shape index (κ1) is 19.2. The van der Waals surface area contributed by atoms with Crippen LogP contribution in [0.15, 0.2) is 58.2 Å². The lowest BCUT2D eigenvalue weighted by molar-refractivity contribution is 0.101. The zero-order valence-electron chi connectivity index (χ0n) is 15.9. The van der Waals surface area contributed by atoms with Crippen molar-refractivity contribution in [2.45, 2.75) is 31.4 Å². The van der Waals surface area contributed by atoms with Crippen LogP contribution in [0.5, 0.6) is 5.75 Å². The summed E-state index contributed by atoms with van der Waals surface area (Å²) < 4.78 is 10.9. The van der Waals surface area contributed by atoms with Gasteiger partial charge in [0.2, 0.25) is 5.89 Å². The van der Waals surface area contributed by atoms with E-state index in [-0.39, 0.29) is 17.0 Å². The van der Waals surface area contributed by atoms with Crippen LogP contribution < -0.4 is 4.74 Å². The average molecular weight is 382 g/mol. The lowest BCUT2D eigenvalue weighted by Crippen LogP contribution is -2.10. The molecule has 0 N–H and O–H groups in total. The Balaban J connectivity index is 1.67. The zero-order valence-corrected chi connectivity index (χ0v) is 16.7. The van der Waals surface area contributed by atoms with Crippen molar-refractivity contribution in [2.75, 3.05) is 12.9 Å². The summed E-state index contributed by atoms with van der Waals surface area (Å²) in [6.07, 6.45) is 0. The number of rotatable bonds is 6. The molecule has 0 atom stereocenters. The van der Waals surface area contributed by atoms with E-state index < -0.39 is 0 Å². The Morgan fingerprint density at radius 3 is 2.44 bits per heavy atom. The minimum absolute atomic E-state index is 0.0493. The van der Waals surface area contributed by atoms with E-state index in [0.29, 0.717) is 22.4 Å². The molecule has 2 aromatic carbocycles. The molecule has 0 fully saturated rings. The maximum Gasteiger partial charge on any atom is 0.277 e. The number of hydrogen-bond donors (Lipinski definition) is 0. The molecule has 0 aliphatic heterocycles. The highest BCUT2D eigenvalue weighted by molar-refractivity contribution is 7.99. The number of para-hydroxylation sites is 1. The Morgan fingerprint density at radius 1 is 1.07 bits per heavy atom. The van der Waals surface area contributed by atoms with Crippen molar-refractivity contribution in [3.05, 3.63) is 59.7 Å². The van der Waals surface area contributed by atoms with Crippen LogP contribution in [0.2, 0.25) is 0 Å². The third kappa shape index (κ3) is 4.57. The fraction of sp³-hybridized carbons (Fsp3) is 0.286. The van der Waals surface area contributed by atoms with Gasteiger partial charge in [0.15, 0.2) is 5.78 Å². The monoisotopic (exact) mass is 382 g/mol. The summed E-state index contributed by atoms with van der Waals surface area (Å²) >= 11 is 1.22. The maximum absolute atomic E-state index is 12.4. The van der Waals surface area contributed by atoms with Gasteiger partial charge < -0.3 is 9.15 Å². The number of ketones is 1. The highest BCUT2D eigenvalue weighted by Crippen LogP contribution is 2.28. The molecular weight excluding hydrogens is 360 g/mol. The van der Waals surface area contributed by atoms with E-state index in [1.807, 2.05) is 24.3 Å². The molecule has 27 heavy (non-hydrogen) atoms. The SMILES string of the molecule is COc1ccccc1C(=O)CSc1nnc(-c2ccc(C(C)(C)C)cc2)o1. The molecule has 0 aliphatic rings. The van der Waals surface area contributed by atoms with E-state index in [2.05, 4.69) is 43.1 Å². The lowest BCUT2D eigenvalue weighted by atomic mass is 9.87. The van der Waals surface area contributed by atoms with Gasteiger partial charge in [-0.3, -0.25) is 4.79 Å². The third-order valence-corrected chi connectivity index (χ3v) is 4.96. The molecule has 0 radical (unpaired) electrons. The molecule has 3 rings (SSSR count). The number of methoxy groups -OCH3 is 1. The second-order valence-electron chi connectivity index (χ2n) is 7.11. The van der Waals surface area contributed by atoms with Gasteiger partial charge in [-0.25, -0.2) is 0 Å². The largest absolute Gasteiger partial charge is 0.496 e. The first-order valence-electron chi connectivity index (χ1n) is 8.62. The van der Waals surface area contributed by atoms with Crippen LogP contribution in [0.25, 0.3) is 11.5 Å². The molecule has 0 saturated heterocycles. The Hall–Kier alpha value is -2.60. The molecular formula is C21H22N2O3S. The lowest BCUT2D eigenvalue weighted by Gasteiger charge is -2.18. The molecule has 1 heterocycles. The second-order valence-corrected chi connectivity index (χ2v) is 8.04. The second kappa shape index (κ2) is 7.96. The molecule has 5 nitrogen and oxygen atoms in total. The number of Topliss-reactive ketones (excluding diaryl/α,β-unsaturated/α-hetero) is 1. The van der Waals surface area contributed by atoms with Gasteiger partial charge in [-0.15, -0.1) is 10.2 Å².